The minimum atomic E-state index is 0.0973. The molecule has 8 nitrogen and oxygen atoms in total. The average molecular weight is 416 g/mol. The lowest BCUT2D eigenvalue weighted by molar-refractivity contribution is 0.0254. The van der Waals surface area contributed by atoms with Gasteiger partial charge in [0, 0.05) is 38.3 Å². The molecule has 8 heteroatoms. The molecule has 2 aliphatic heterocycles. The van der Waals surface area contributed by atoms with E-state index in [0.29, 0.717) is 30.6 Å². The highest BCUT2D eigenvalue weighted by molar-refractivity contribution is 5.70. The van der Waals surface area contributed by atoms with Crippen molar-refractivity contribution in [2.75, 3.05) is 31.6 Å². The second-order valence-corrected chi connectivity index (χ2v) is 7.83. The summed E-state index contributed by atoms with van der Waals surface area (Å²) in [7, 11) is 0. The molecule has 0 aliphatic carbocycles. The van der Waals surface area contributed by atoms with Gasteiger partial charge in [-0.05, 0) is 35.4 Å². The first-order valence-electron chi connectivity index (χ1n) is 10.6. The summed E-state index contributed by atoms with van der Waals surface area (Å²) in [6.45, 7) is 3.30. The lowest BCUT2D eigenvalue weighted by atomic mass is 10.0. The maximum Gasteiger partial charge on any atom is 0.137 e. The highest BCUT2D eigenvalue weighted by Gasteiger charge is 2.20. The van der Waals surface area contributed by atoms with E-state index in [2.05, 4.69) is 26.8 Å². The number of pyridine rings is 1. The number of nitrogens with zero attached hydrogens (tertiary/aromatic N) is 4. The second-order valence-electron chi connectivity index (χ2n) is 7.83. The molecular weight excluding hydrogens is 392 g/mol. The fourth-order valence-corrected chi connectivity index (χ4v) is 3.76. The van der Waals surface area contributed by atoms with Crippen molar-refractivity contribution < 1.29 is 9.47 Å². The van der Waals surface area contributed by atoms with Crippen molar-refractivity contribution >= 4 is 11.5 Å². The number of nitriles is 1. The Hall–Kier alpha value is -3.41. The Kier molecular flexibility index (Phi) is 5.52. The normalized spacial score (nSPS) is 17.0. The molecule has 0 unspecified atom stereocenters. The first kappa shape index (κ1) is 19.5. The van der Waals surface area contributed by atoms with Crippen LogP contribution in [0.15, 0.2) is 48.9 Å². The number of rotatable bonds is 6. The molecule has 0 atom stereocenters. The fraction of sp³-hybridized carbons (Fsp3) is 0.348. The van der Waals surface area contributed by atoms with Crippen LogP contribution in [0, 0.1) is 11.3 Å². The third-order valence-electron chi connectivity index (χ3n) is 5.66. The van der Waals surface area contributed by atoms with E-state index in [4.69, 9.17) is 9.47 Å². The van der Waals surface area contributed by atoms with Gasteiger partial charge in [0.05, 0.1) is 36.7 Å². The molecule has 0 saturated carbocycles. The highest BCUT2D eigenvalue weighted by atomic mass is 16.5. The van der Waals surface area contributed by atoms with Gasteiger partial charge in [-0.15, -0.1) is 0 Å². The van der Waals surface area contributed by atoms with Crippen molar-refractivity contribution in [1.29, 1.82) is 5.26 Å². The molecule has 0 spiro atoms. The van der Waals surface area contributed by atoms with Crippen LogP contribution in [0.2, 0.25) is 0 Å². The maximum atomic E-state index is 9.65. The van der Waals surface area contributed by atoms with E-state index in [9.17, 15) is 5.26 Å². The average Bonchev–Trinajstić information content (AvgIpc) is 3.21. The van der Waals surface area contributed by atoms with Crippen LogP contribution in [0.3, 0.4) is 0 Å². The van der Waals surface area contributed by atoms with E-state index < -0.39 is 0 Å². The minimum Gasteiger partial charge on any atom is -0.489 e. The smallest absolute Gasteiger partial charge is 0.137 e. The molecule has 4 heterocycles. The summed E-state index contributed by atoms with van der Waals surface area (Å²) in [5.41, 5.74) is 3.35. The topological polar surface area (TPSA) is 97.0 Å². The van der Waals surface area contributed by atoms with Crippen LogP contribution in [0.5, 0.6) is 5.75 Å². The van der Waals surface area contributed by atoms with Crippen LogP contribution in [-0.4, -0.2) is 47.2 Å². The predicted molar refractivity (Wildman–Crippen MR) is 116 cm³/mol. The first-order chi connectivity index (χ1) is 15.3. The van der Waals surface area contributed by atoms with Gasteiger partial charge in [-0.1, -0.05) is 6.07 Å². The Bertz CT molecular complexity index is 1100. The lowest BCUT2D eigenvalue weighted by Gasteiger charge is -2.27. The summed E-state index contributed by atoms with van der Waals surface area (Å²) in [6, 6.07) is 12.3. The van der Waals surface area contributed by atoms with Crippen LogP contribution < -0.4 is 15.4 Å². The van der Waals surface area contributed by atoms with E-state index in [1.807, 2.05) is 47.4 Å². The van der Waals surface area contributed by atoms with Crippen LogP contribution in [-0.2, 0) is 4.74 Å². The Morgan fingerprint density at radius 3 is 2.77 bits per heavy atom. The van der Waals surface area contributed by atoms with E-state index >= 15 is 0 Å². The number of nitrogens with one attached hydrogen (secondary N) is 2. The Morgan fingerprint density at radius 1 is 1.16 bits per heavy atom. The van der Waals surface area contributed by atoms with Gasteiger partial charge in [0.25, 0.3) is 0 Å². The summed E-state index contributed by atoms with van der Waals surface area (Å²) in [5.74, 6) is 1.35. The Morgan fingerprint density at radius 2 is 2.00 bits per heavy atom. The molecule has 2 aromatic heterocycles. The quantitative estimate of drug-likeness (QED) is 0.637. The molecule has 0 radical (unpaired) electrons. The second kappa shape index (κ2) is 8.76. The molecular formula is C23H24N6O2. The number of benzene rings is 1. The van der Waals surface area contributed by atoms with Crippen molar-refractivity contribution in [2.24, 2.45) is 0 Å². The van der Waals surface area contributed by atoms with Gasteiger partial charge in [-0.25, -0.2) is 4.98 Å². The Labute approximate surface area is 180 Å². The molecule has 2 saturated heterocycles. The SMILES string of the molecule is N#Cc1cc(-c2ccnc(Nc3cnn(C4CNC4)c3)c2)ccc1OC1CCOCC1. The van der Waals surface area contributed by atoms with Gasteiger partial charge >= 0.3 is 0 Å². The molecule has 3 aromatic rings. The number of anilines is 2. The third kappa shape index (κ3) is 4.38. The van der Waals surface area contributed by atoms with Gasteiger partial charge < -0.3 is 20.1 Å². The molecule has 2 aliphatic rings. The molecule has 5 rings (SSSR count). The molecule has 2 fully saturated rings. The van der Waals surface area contributed by atoms with Crippen LogP contribution in [0.25, 0.3) is 11.1 Å². The lowest BCUT2D eigenvalue weighted by Crippen LogP contribution is -2.43. The van der Waals surface area contributed by atoms with Crippen molar-refractivity contribution in [3.63, 3.8) is 0 Å². The fourth-order valence-electron chi connectivity index (χ4n) is 3.76. The number of hydrogen-bond acceptors (Lipinski definition) is 7. The highest BCUT2D eigenvalue weighted by Crippen LogP contribution is 2.29. The van der Waals surface area contributed by atoms with Gasteiger partial charge in [0.1, 0.15) is 23.7 Å². The summed E-state index contributed by atoms with van der Waals surface area (Å²) in [6.07, 6.45) is 7.36. The van der Waals surface area contributed by atoms with Crippen molar-refractivity contribution in [2.45, 2.75) is 25.0 Å². The van der Waals surface area contributed by atoms with Crippen LogP contribution >= 0.6 is 0 Å². The third-order valence-corrected chi connectivity index (χ3v) is 5.66. The van der Waals surface area contributed by atoms with Crippen LogP contribution in [0.4, 0.5) is 11.5 Å². The van der Waals surface area contributed by atoms with Crippen molar-refractivity contribution in [1.82, 2.24) is 20.1 Å². The predicted octanol–water partition coefficient (Wildman–Crippen LogP) is 3.26. The van der Waals surface area contributed by atoms with E-state index in [0.717, 1.165) is 48.6 Å². The van der Waals surface area contributed by atoms with E-state index in [-0.39, 0.29) is 6.10 Å². The summed E-state index contributed by atoms with van der Waals surface area (Å²) >= 11 is 0. The van der Waals surface area contributed by atoms with Crippen molar-refractivity contribution in [3.8, 4) is 22.9 Å². The molecule has 0 amide bonds. The molecule has 1 aromatic carbocycles. The summed E-state index contributed by atoms with van der Waals surface area (Å²) < 4.78 is 13.4. The largest absolute Gasteiger partial charge is 0.489 e. The molecule has 0 bridgehead atoms. The zero-order valence-electron chi connectivity index (χ0n) is 17.1. The zero-order chi connectivity index (χ0) is 21.0. The standard InChI is InChI=1S/C23H24N6O2/c24-11-18-9-16(1-2-22(18)31-21-4-7-30-8-5-21)17-3-6-26-23(10-17)28-19-12-27-29(15-19)20-13-25-14-20/h1-3,6,9-10,12,15,20-21,25H,4-5,7-8,13-14H2,(H,26,28). The summed E-state index contributed by atoms with van der Waals surface area (Å²) in [5, 5.41) is 20.6. The zero-order valence-corrected chi connectivity index (χ0v) is 17.1. The van der Waals surface area contributed by atoms with Gasteiger partial charge in [0.15, 0.2) is 0 Å². The Balaban J connectivity index is 1.32. The van der Waals surface area contributed by atoms with Gasteiger partial charge in [0.2, 0.25) is 0 Å². The number of aromatic nitrogens is 3. The number of hydrogen-bond donors (Lipinski definition) is 2. The van der Waals surface area contributed by atoms with E-state index in [1.165, 1.54) is 0 Å². The maximum absolute atomic E-state index is 9.65. The van der Waals surface area contributed by atoms with Gasteiger partial charge in [-0.2, -0.15) is 10.4 Å². The van der Waals surface area contributed by atoms with Crippen LogP contribution in [0.1, 0.15) is 24.4 Å². The van der Waals surface area contributed by atoms with Gasteiger partial charge in [-0.3, -0.25) is 4.68 Å². The summed E-state index contributed by atoms with van der Waals surface area (Å²) in [4.78, 5) is 4.42. The molecule has 158 valence electrons. The first-order valence-corrected chi connectivity index (χ1v) is 10.6. The molecule has 2 N–H and O–H groups in total. The van der Waals surface area contributed by atoms with E-state index in [1.54, 1.807) is 6.20 Å². The minimum absolute atomic E-state index is 0.0973. The monoisotopic (exact) mass is 416 g/mol. The molecule has 31 heavy (non-hydrogen) atoms. The van der Waals surface area contributed by atoms with Crippen molar-refractivity contribution in [3.05, 3.63) is 54.5 Å². The number of ether oxygens (including phenoxy) is 2.